The zero-order chi connectivity index (χ0) is 28.4. The van der Waals surface area contributed by atoms with Crippen LogP contribution in [0.2, 0.25) is 0 Å². The Labute approximate surface area is 252 Å². The van der Waals surface area contributed by atoms with Crippen LogP contribution in [0.1, 0.15) is 12.7 Å². The molecule has 0 aliphatic carbocycles. The van der Waals surface area contributed by atoms with E-state index in [1.165, 1.54) is 49.5 Å². The first-order chi connectivity index (χ1) is 18.4. The number of carbonyl (C=O) groups is 1. The number of benzene rings is 2. The Bertz CT molecular complexity index is 1670. The van der Waals surface area contributed by atoms with Crippen LogP contribution < -0.4 is 39.0 Å². The molecular weight excluding hydrogens is 586 g/mol. The summed E-state index contributed by atoms with van der Waals surface area (Å²) in [5.74, 6) is -1.52. The molecule has 0 aliphatic heterocycles. The summed E-state index contributed by atoms with van der Waals surface area (Å²) in [5.41, 5.74) is 0.762. The molecule has 4 aromatic rings. The first-order valence-electron chi connectivity index (χ1n) is 11.1. The van der Waals surface area contributed by atoms with Crippen LogP contribution in [0, 0.1) is 6.92 Å². The molecule has 0 saturated heterocycles. The molecule has 4 rings (SSSR count). The van der Waals surface area contributed by atoms with E-state index in [2.05, 4.69) is 9.97 Å². The third-order valence-corrected chi connectivity index (χ3v) is 8.39. The Morgan fingerprint density at radius 2 is 1.77 bits per heavy atom. The second-order valence-electron chi connectivity index (χ2n) is 8.08. The molecule has 0 radical (unpaired) electrons. The maximum absolute atomic E-state index is 13.7. The summed E-state index contributed by atoms with van der Waals surface area (Å²) in [7, 11) is -6.47. The number of carboxylic acid groups (broad SMARTS) is 1. The van der Waals surface area contributed by atoms with Crippen LogP contribution in [-0.2, 0) is 31.4 Å². The molecule has 2 aromatic carbocycles. The second kappa shape index (κ2) is 12.7. The van der Waals surface area contributed by atoms with Crippen LogP contribution in [0.4, 0.5) is 13.2 Å². The molecule has 2 aromatic heterocycles. The quantitative estimate of drug-likeness (QED) is 0.260. The first-order valence-corrected chi connectivity index (χ1v) is 13.8. The van der Waals surface area contributed by atoms with E-state index in [1.807, 2.05) is 0 Å². The molecule has 2 heterocycles. The van der Waals surface area contributed by atoms with Crippen molar-refractivity contribution in [1.29, 1.82) is 0 Å². The van der Waals surface area contributed by atoms with E-state index in [-0.39, 0.29) is 80.6 Å². The number of ether oxygens (including phenoxy) is 2. The number of aromatic nitrogens is 3. The van der Waals surface area contributed by atoms with Crippen molar-refractivity contribution in [3.63, 3.8) is 0 Å². The number of hydrogen-bond donors (Lipinski definition) is 1. The Morgan fingerprint density at radius 3 is 2.42 bits per heavy atom. The molecule has 0 saturated carbocycles. The minimum atomic E-state index is -4.56. The average molecular weight is 608 g/mol. The van der Waals surface area contributed by atoms with Gasteiger partial charge in [0, 0.05) is 11.8 Å². The molecule has 0 fully saturated rings. The molecule has 0 aliphatic rings. The summed E-state index contributed by atoms with van der Waals surface area (Å²) in [4.78, 5) is 18.9. The molecule has 208 valence electrons. The van der Waals surface area contributed by atoms with Crippen molar-refractivity contribution < 1.29 is 76.2 Å². The molecule has 0 bridgehead atoms. The fraction of sp³-hybridized carbons (Fsp3) is 0.208. The standard InChI is InChI=1S/C24H20F3N3O7S2.Na.H/c1-15-19(28-11-10-21(15)37-14-24(25,26)27)13-38(33)23-29-18-4-2-3-5-20(18)30(23)39(34,35)17-8-6-16(7-9-17)36-12-22(31)32;;/h2-11H,12-14H2,1H3,(H,31,32);;/q;+1;-1. The Morgan fingerprint density at radius 1 is 1.10 bits per heavy atom. The third-order valence-electron chi connectivity index (χ3n) is 5.34. The normalized spacial score (nSPS) is 12.5. The second-order valence-corrected chi connectivity index (χ2v) is 11.2. The monoisotopic (exact) mass is 607 g/mol. The van der Waals surface area contributed by atoms with Gasteiger partial charge in [-0.1, -0.05) is 12.1 Å². The predicted octanol–water partition coefficient (Wildman–Crippen LogP) is 0.806. The van der Waals surface area contributed by atoms with Gasteiger partial charge in [0.25, 0.3) is 10.0 Å². The summed E-state index contributed by atoms with van der Waals surface area (Å²) in [5, 5.41) is 8.43. The number of fused-ring (bicyclic) bond motifs is 1. The van der Waals surface area contributed by atoms with Crippen molar-refractivity contribution in [2.45, 2.75) is 28.9 Å². The van der Waals surface area contributed by atoms with E-state index in [9.17, 15) is 30.6 Å². The van der Waals surface area contributed by atoms with Gasteiger partial charge in [-0.25, -0.2) is 22.2 Å². The van der Waals surface area contributed by atoms with Gasteiger partial charge in [-0.3, -0.25) is 9.19 Å². The van der Waals surface area contributed by atoms with Crippen molar-refractivity contribution >= 4 is 37.8 Å². The van der Waals surface area contributed by atoms with Crippen LogP contribution in [0.5, 0.6) is 11.5 Å². The average Bonchev–Trinajstić information content (AvgIpc) is 3.28. The first kappa shape index (κ1) is 31.5. The fourth-order valence-electron chi connectivity index (χ4n) is 3.53. The molecule has 16 heteroatoms. The summed E-state index contributed by atoms with van der Waals surface area (Å²) in [6.45, 7) is -0.676. The van der Waals surface area contributed by atoms with E-state index >= 15 is 0 Å². The van der Waals surface area contributed by atoms with Gasteiger partial charge < -0.3 is 16.0 Å². The van der Waals surface area contributed by atoms with Crippen molar-refractivity contribution in [3.8, 4) is 11.5 Å². The van der Waals surface area contributed by atoms with Crippen LogP contribution in [0.25, 0.3) is 11.0 Å². The number of carboxylic acids is 1. The summed E-state index contributed by atoms with van der Waals surface area (Å²) in [6, 6.07) is 12.5. The number of alkyl halides is 3. The van der Waals surface area contributed by atoms with Crippen molar-refractivity contribution in [2.75, 3.05) is 13.2 Å². The predicted molar refractivity (Wildman–Crippen MR) is 134 cm³/mol. The number of hydrogen-bond acceptors (Lipinski definition) is 8. The molecule has 40 heavy (non-hydrogen) atoms. The van der Waals surface area contributed by atoms with Crippen LogP contribution in [0.3, 0.4) is 0 Å². The minimum Gasteiger partial charge on any atom is -1.00 e. The smallest absolute Gasteiger partial charge is 1.00 e. The van der Waals surface area contributed by atoms with Gasteiger partial charge in [0.15, 0.2) is 13.2 Å². The number of para-hydroxylation sites is 2. The van der Waals surface area contributed by atoms with E-state index in [0.717, 1.165) is 3.97 Å². The van der Waals surface area contributed by atoms with Gasteiger partial charge in [0.05, 0.1) is 38.2 Å². The van der Waals surface area contributed by atoms with Crippen molar-refractivity contribution in [1.82, 2.24) is 13.9 Å². The number of imidazole rings is 1. The Hall–Kier alpha value is -2.98. The molecule has 10 nitrogen and oxygen atoms in total. The summed E-state index contributed by atoms with van der Waals surface area (Å²) < 4.78 is 89.4. The molecular formula is C24H21F3N3NaO7S2. The van der Waals surface area contributed by atoms with Gasteiger partial charge in [-0.05, 0) is 49.4 Å². The van der Waals surface area contributed by atoms with Gasteiger partial charge in [-0.15, -0.1) is 0 Å². The largest absolute Gasteiger partial charge is 1.00 e. The number of halogens is 3. The molecule has 0 amide bonds. The summed E-state index contributed by atoms with van der Waals surface area (Å²) in [6.07, 6.45) is -3.35. The van der Waals surface area contributed by atoms with Gasteiger partial charge in [0.1, 0.15) is 11.5 Å². The third kappa shape index (κ3) is 7.20. The van der Waals surface area contributed by atoms with E-state index < -0.39 is 46.2 Å². The SMILES string of the molecule is Cc1c(OCC(F)(F)F)ccnc1CS(=O)c1nc2ccccc2n1S(=O)(=O)c1ccc(OCC(=O)O)cc1.[H-].[Na+]. The molecule has 0 spiro atoms. The van der Waals surface area contributed by atoms with Crippen LogP contribution >= 0.6 is 0 Å². The fourth-order valence-corrected chi connectivity index (χ4v) is 6.57. The van der Waals surface area contributed by atoms with Gasteiger partial charge >= 0.3 is 41.7 Å². The van der Waals surface area contributed by atoms with E-state index in [4.69, 9.17) is 14.6 Å². The maximum atomic E-state index is 13.7. The molecule has 1 N–H and O–H groups in total. The van der Waals surface area contributed by atoms with Crippen molar-refractivity contribution in [2.24, 2.45) is 0 Å². The Kier molecular flexibility index (Phi) is 10.0. The number of aliphatic carboxylic acids is 1. The number of pyridine rings is 1. The molecule has 1 atom stereocenters. The zero-order valence-corrected chi connectivity index (χ0v) is 24.7. The van der Waals surface area contributed by atoms with Crippen molar-refractivity contribution in [3.05, 3.63) is 72.1 Å². The maximum Gasteiger partial charge on any atom is 1.00 e. The van der Waals surface area contributed by atoms with Gasteiger partial charge in [0.2, 0.25) is 5.16 Å². The minimum absolute atomic E-state index is 0. The van der Waals surface area contributed by atoms with E-state index in [1.54, 1.807) is 18.2 Å². The van der Waals surface area contributed by atoms with Crippen LogP contribution in [-0.4, -0.2) is 57.0 Å². The number of rotatable bonds is 10. The summed E-state index contributed by atoms with van der Waals surface area (Å²) >= 11 is 0. The molecule has 1 unspecified atom stereocenters. The topological polar surface area (TPSA) is 138 Å². The zero-order valence-electron chi connectivity index (χ0n) is 22.1. The van der Waals surface area contributed by atoms with Gasteiger partial charge in [-0.2, -0.15) is 13.2 Å². The number of nitrogens with zero attached hydrogens (tertiary/aromatic N) is 3. The van der Waals surface area contributed by atoms with E-state index in [0.29, 0.717) is 0 Å². The Balaban J connectivity index is 0.00000294. The van der Waals surface area contributed by atoms with Crippen LogP contribution in [0.15, 0.2) is 70.8 Å².